The van der Waals surface area contributed by atoms with E-state index in [0.29, 0.717) is 0 Å². The minimum absolute atomic E-state index is 0.843. The summed E-state index contributed by atoms with van der Waals surface area (Å²) in [5.41, 5.74) is 2.49. The van der Waals surface area contributed by atoms with Gasteiger partial charge in [-0.05, 0) is 76.2 Å². The molecule has 1 aromatic carbocycles. The summed E-state index contributed by atoms with van der Waals surface area (Å²) in [5, 5.41) is 0. The molecule has 0 aromatic heterocycles. The fraction of sp³-hybridized carbons (Fsp3) is 0.667. The zero-order chi connectivity index (χ0) is 14.4. The highest BCUT2D eigenvalue weighted by Crippen LogP contribution is 2.22. The van der Waals surface area contributed by atoms with E-state index in [0.717, 1.165) is 24.7 Å². The van der Waals surface area contributed by atoms with Crippen LogP contribution in [0.2, 0.25) is 0 Å². The molecule has 0 aliphatic carbocycles. The molecule has 1 aromatic rings. The van der Waals surface area contributed by atoms with E-state index in [1.807, 2.05) is 0 Å². The molecule has 0 atom stereocenters. The van der Waals surface area contributed by atoms with Gasteiger partial charge in [-0.15, -0.1) is 0 Å². The van der Waals surface area contributed by atoms with E-state index in [9.17, 15) is 0 Å². The van der Waals surface area contributed by atoms with Gasteiger partial charge < -0.3 is 9.64 Å². The van der Waals surface area contributed by atoms with Crippen molar-refractivity contribution in [1.29, 1.82) is 0 Å². The van der Waals surface area contributed by atoms with Crippen molar-refractivity contribution in [1.82, 2.24) is 4.90 Å². The predicted octanol–water partition coefficient (Wildman–Crippen LogP) is 4.19. The average Bonchev–Trinajstić information content (AvgIpc) is 2.43. The SMILES string of the molecule is Cc1cccc(C)c1OCCCCN1CCC(C)CC1. The quantitative estimate of drug-likeness (QED) is 0.722. The van der Waals surface area contributed by atoms with Crippen LogP contribution < -0.4 is 4.74 Å². The first-order valence-electron chi connectivity index (χ1n) is 8.08. The van der Waals surface area contributed by atoms with Crippen LogP contribution in [0.25, 0.3) is 0 Å². The van der Waals surface area contributed by atoms with Gasteiger partial charge in [-0.3, -0.25) is 0 Å². The molecule has 1 heterocycles. The van der Waals surface area contributed by atoms with Crippen LogP contribution in [0.4, 0.5) is 0 Å². The summed E-state index contributed by atoms with van der Waals surface area (Å²) in [6, 6.07) is 6.34. The van der Waals surface area contributed by atoms with Gasteiger partial charge in [0.15, 0.2) is 0 Å². The van der Waals surface area contributed by atoms with Crippen LogP contribution in [0.3, 0.4) is 0 Å². The fourth-order valence-corrected chi connectivity index (χ4v) is 2.92. The molecule has 0 radical (unpaired) electrons. The number of piperidine rings is 1. The minimum Gasteiger partial charge on any atom is -0.493 e. The summed E-state index contributed by atoms with van der Waals surface area (Å²) in [4.78, 5) is 2.61. The maximum Gasteiger partial charge on any atom is 0.125 e. The highest BCUT2D eigenvalue weighted by molar-refractivity contribution is 5.39. The molecule has 2 rings (SSSR count). The molecule has 0 bridgehead atoms. The molecule has 1 saturated heterocycles. The molecule has 0 saturated carbocycles. The molecular weight excluding hydrogens is 246 g/mol. The van der Waals surface area contributed by atoms with Crippen molar-refractivity contribution >= 4 is 0 Å². The Bertz CT molecular complexity index is 388. The van der Waals surface area contributed by atoms with Crippen molar-refractivity contribution in [3.63, 3.8) is 0 Å². The second-order valence-corrected chi connectivity index (χ2v) is 6.30. The maximum atomic E-state index is 5.96. The maximum absolute atomic E-state index is 5.96. The lowest BCUT2D eigenvalue weighted by Gasteiger charge is -2.30. The summed E-state index contributed by atoms with van der Waals surface area (Å²) in [5.74, 6) is 2.01. The third-order valence-corrected chi connectivity index (χ3v) is 4.40. The van der Waals surface area contributed by atoms with E-state index in [2.05, 4.69) is 43.9 Å². The minimum atomic E-state index is 0.843. The van der Waals surface area contributed by atoms with Crippen LogP contribution in [0.5, 0.6) is 5.75 Å². The Balaban J connectivity index is 1.62. The Morgan fingerprint density at radius 3 is 2.40 bits per heavy atom. The second kappa shape index (κ2) is 7.68. The van der Waals surface area contributed by atoms with Gasteiger partial charge in [-0.2, -0.15) is 0 Å². The lowest BCUT2D eigenvalue weighted by molar-refractivity contribution is 0.184. The molecule has 1 aliphatic heterocycles. The number of aryl methyl sites for hydroxylation is 2. The molecule has 2 heteroatoms. The van der Waals surface area contributed by atoms with Crippen LogP contribution in [0.1, 0.15) is 43.7 Å². The van der Waals surface area contributed by atoms with Gasteiger partial charge in [0.25, 0.3) is 0 Å². The summed E-state index contributed by atoms with van der Waals surface area (Å²) < 4.78 is 5.96. The number of hydrogen-bond donors (Lipinski definition) is 0. The van der Waals surface area contributed by atoms with Crippen molar-refractivity contribution in [2.45, 2.75) is 46.5 Å². The van der Waals surface area contributed by atoms with Gasteiger partial charge in [0.2, 0.25) is 0 Å². The van der Waals surface area contributed by atoms with E-state index < -0.39 is 0 Å². The first-order valence-corrected chi connectivity index (χ1v) is 8.08. The largest absolute Gasteiger partial charge is 0.493 e. The van der Waals surface area contributed by atoms with Crippen molar-refractivity contribution in [2.24, 2.45) is 5.92 Å². The number of likely N-dealkylation sites (tertiary alicyclic amines) is 1. The normalized spacial score (nSPS) is 17.4. The third kappa shape index (κ3) is 4.52. The number of para-hydroxylation sites is 1. The number of unbranched alkanes of at least 4 members (excludes halogenated alkanes) is 1. The molecule has 1 fully saturated rings. The molecule has 2 nitrogen and oxygen atoms in total. The summed E-state index contributed by atoms with van der Waals surface area (Å²) in [6.07, 6.45) is 5.15. The summed E-state index contributed by atoms with van der Waals surface area (Å²) in [7, 11) is 0. The number of nitrogens with zero attached hydrogens (tertiary/aromatic N) is 1. The highest BCUT2D eigenvalue weighted by Gasteiger charge is 2.14. The van der Waals surface area contributed by atoms with Crippen LogP contribution >= 0.6 is 0 Å². The Kier molecular flexibility index (Phi) is 5.90. The molecule has 0 N–H and O–H groups in total. The number of hydrogen-bond acceptors (Lipinski definition) is 2. The number of rotatable bonds is 6. The van der Waals surface area contributed by atoms with Crippen LogP contribution in [0, 0.1) is 19.8 Å². The Morgan fingerprint density at radius 2 is 1.75 bits per heavy atom. The smallest absolute Gasteiger partial charge is 0.125 e. The van der Waals surface area contributed by atoms with Crippen molar-refractivity contribution in [2.75, 3.05) is 26.2 Å². The molecule has 0 unspecified atom stereocenters. The third-order valence-electron chi connectivity index (χ3n) is 4.40. The van der Waals surface area contributed by atoms with Crippen molar-refractivity contribution < 1.29 is 4.74 Å². The average molecular weight is 275 g/mol. The second-order valence-electron chi connectivity index (χ2n) is 6.30. The van der Waals surface area contributed by atoms with Gasteiger partial charge in [-0.1, -0.05) is 25.1 Å². The van der Waals surface area contributed by atoms with Crippen molar-refractivity contribution in [3.8, 4) is 5.75 Å². The molecular formula is C18H29NO. The van der Waals surface area contributed by atoms with E-state index in [-0.39, 0.29) is 0 Å². The van der Waals surface area contributed by atoms with E-state index in [4.69, 9.17) is 4.74 Å². The Labute approximate surface area is 124 Å². The lowest BCUT2D eigenvalue weighted by atomic mass is 9.99. The first kappa shape index (κ1) is 15.4. The van der Waals surface area contributed by atoms with Crippen LogP contribution in [0.15, 0.2) is 18.2 Å². The van der Waals surface area contributed by atoms with Crippen molar-refractivity contribution in [3.05, 3.63) is 29.3 Å². The predicted molar refractivity (Wildman–Crippen MR) is 85.5 cm³/mol. The Morgan fingerprint density at radius 1 is 1.10 bits per heavy atom. The van der Waals surface area contributed by atoms with Gasteiger partial charge in [0, 0.05) is 0 Å². The standard InChI is InChI=1S/C18H29NO/c1-15-9-12-19(13-10-15)11-4-5-14-20-18-16(2)7-6-8-17(18)3/h6-8,15H,4-5,9-14H2,1-3H3. The topological polar surface area (TPSA) is 12.5 Å². The highest BCUT2D eigenvalue weighted by atomic mass is 16.5. The first-order chi connectivity index (χ1) is 9.66. The Hall–Kier alpha value is -1.02. The van der Waals surface area contributed by atoms with Crippen LogP contribution in [-0.4, -0.2) is 31.1 Å². The molecule has 1 aliphatic rings. The molecule has 0 spiro atoms. The van der Waals surface area contributed by atoms with Crippen LogP contribution in [-0.2, 0) is 0 Å². The number of ether oxygens (including phenoxy) is 1. The lowest BCUT2D eigenvalue weighted by Crippen LogP contribution is -2.33. The molecule has 112 valence electrons. The van der Waals surface area contributed by atoms with E-state index in [1.165, 1.54) is 50.0 Å². The summed E-state index contributed by atoms with van der Waals surface area (Å²) >= 11 is 0. The van der Waals surface area contributed by atoms with Gasteiger partial charge in [0.1, 0.15) is 5.75 Å². The monoisotopic (exact) mass is 275 g/mol. The van der Waals surface area contributed by atoms with E-state index >= 15 is 0 Å². The summed E-state index contributed by atoms with van der Waals surface area (Å²) in [6.45, 7) is 11.3. The fourth-order valence-electron chi connectivity index (χ4n) is 2.92. The molecule has 0 amide bonds. The van der Waals surface area contributed by atoms with Gasteiger partial charge in [-0.25, -0.2) is 0 Å². The number of benzene rings is 1. The zero-order valence-electron chi connectivity index (χ0n) is 13.3. The zero-order valence-corrected chi connectivity index (χ0v) is 13.3. The molecule has 20 heavy (non-hydrogen) atoms. The van der Waals surface area contributed by atoms with Gasteiger partial charge >= 0.3 is 0 Å². The van der Waals surface area contributed by atoms with E-state index in [1.54, 1.807) is 0 Å². The van der Waals surface area contributed by atoms with Gasteiger partial charge in [0.05, 0.1) is 6.61 Å².